The van der Waals surface area contributed by atoms with Crippen LogP contribution in [0.3, 0.4) is 0 Å². The molecule has 0 aromatic heterocycles. The molecule has 2 aliphatic heterocycles. The van der Waals surface area contributed by atoms with E-state index in [1.165, 1.54) is 0 Å². The molecule has 0 amide bonds. The van der Waals surface area contributed by atoms with Gasteiger partial charge in [-0.25, -0.2) is 8.42 Å². The largest absolute Gasteiger partial charge is 0.373 e. The molecule has 1 N–H and O–H groups in total. The molecule has 2 heterocycles. The summed E-state index contributed by atoms with van der Waals surface area (Å²) in [6, 6.07) is 0.133. The van der Waals surface area contributed by atoms with Crippen molar-refractivity contribution >= 4 is 10.0 Å². The van der Waals surface area contributed by atoms with Crippen LogP contribution in [0.15, 0.2) is 0 Å². The zero-order chi connectivity index (χ0) is 12.5. The molecule has 0 saturated carbocycles. The molecule has 2 fully saturated rings. The second-order valence-electron chi connectivity index (χ2n) is 5.15. The van der Waals surface area contributed by atoms with Crippen molar-refractivity contribution in [1.29, 1.82) is 0 Å². The van der Waals surface area contributed by atoms with E-state index in [0.29, 0.717) is 13.1 Å². The average Bonchev–Trinajstić information content (AvgIpc) is 2.68. The van der Waals surface area contributed by atoms with Gasteiger partial charge in [0.15, 0.2) is 0 Å². The number of nitrogens with zero attached hydrogens (tertiary/aromatic N) is 1. The first kappa shape index (κ1) is 13.3. The minimum Gasteiger partial charge on any atom is -0.373 e. The van der Waals surface area contributed by atoms with Crippen molar-refractivity contribution < 1.29 is 13.2 Å². The maximum Gasteiger partial charge on any atom is 0.215 e. The van der Waals surface area contributed by atoms with Crippen molar-refractivity contribution in [3.63, 3.8) is 0 Å². The van der Waals surface area contributed by atoms with E-state index in [-0.39, 0.29) is 24.0 Å². The Morgan fingerprint density at radius 1 is 1.29 bits per heavy atom. The van der Waals surface area contributed by atoms with Crippen LogP contribution in [0.4, 0.5) is 0 Å². The lowest BCUT2D eigenvalue weighted by molar-refractivity contribution is -0.0441. The molecule has 0 radical (unpaired) electrons. The van der Waals surface area contributed by atoms with Crippen molar-refractivity contribution in [3.05, 3.63) is 0 Å². The zero-order valence-corrected chi connectivity index (χ0v) is 11.4. The van der Waals surface area contributed by atoms with Crippen LogP contribution in [0.25, 0.3) is 0 Å². The highest BCUT2D eigenvalue weighted by Gasteiger charge is 2.33. The SMILES string of the molecule is CC1CN(S(=O)(=O)CC2CCCN2)CC(C)O1. The summed E-state index contributed by atoms with van der Waals surface area (Å²) in [6.07, 6.45) is 2.03. The van der Waals surface area contributed by atoms with Crippen LogP contribution in [0.2, 0.25) is 0 Å². The van der Waals surface area contributed by atoms with E-state index in [2.05, 4.69) is 5.32 Å². The van der Waals surface area contributed by atoms with Gasteiger partial charge < -0.3 is 10.1 Å². The highest BCUT2D eigenvalue weighted by Crippen LogP contribution is 2.17. The van der Waals surface area contributed by atoms with Gasteiger partial charge in [0.2, 0.25) is 10.0 Å². The molecule has 0 spiro atoms. The summed E-state index contributed by atoms with van der Waals surface area (Å²) in [7, 11) is -3.14. The Hall–Kier alpha value is -0.170. The molecule has 3 unspecified atom stereocenters. The topological polar surface area (TPSA) is 58.6 Å². The van der Waals surface area contributed by atoms with E-state index < -0.39 is 10.0 Å². The van der Waals surface area contributed by atoms with Crippen molar-refractivity contribution in [2.75, 3.05) is 25.4 Å². The molecular formula is C11H22N2O3S. The van der Waals surface area contributed by atoms with E-state index in [1.54, 1.807) is 4.31 Å². The fourth-order valence-corrected chi connectivity index (χ4v) is 4.49. The zero-order valence-electron chi connectivity index (χ0n) is 10.6. The van der Waals surface area contributed by atoms with Gasteiger partial charge in [-0.3, -0.25) is 0 Å². The summed E-state index contributed by atoms with van der Waals surface area (Å²) < 4.78 is 31.7. The van der Waals surface area contributed by atoms with Gasteiger partial charge in [-0.05, 0) is 33.2 Å². The molecular weight excluding hydrogens is 240 g/mol. The molecule has 17 heavy (non-hydrogen) atoms. The van der Waals surface area contributed by atoms with Gasteiger partial charge in [-0.15, -0.1) is 0 Å². The Morgan fingerprint density at radius 3 is 2.47 bits per heavy atom. The van der Waals surface area contributed by atoms with Crippen LogP contribution >= 0.6 is 0 Å². The lowest BCUT2D eigenvalue weighted by atomic mass is 10.3. The minimum atomic E-state index is -3.14. The standard InChI is InChI=1S/C11H22N2O3S/c1-9-6-13(7-10(2)16-9)17(14,15)8-11-4-3-5-12-11/h9-12H,3-8H2,1-2H3. The third-order valence-corrected chi connectivity index (χ3v) is 5.26. The Bertz CT molecular complexity index is 342. The quantitative estimate of drug-likeness (QED) is 0.788. The first-order valence-corrected chi connectivity index (χ1v) is 7.95. The van der Waals surface area contributed by atoms with Gasteiger partial charge in [0.05, 0.1) is 18.0 Å². The first-order chi connectivity index (χ1) is 7.97. The molecule has 0 aliphatic carbocycles. The second-order valence-corrected chi connectivity index (χ2v) is 7.16. The third kappa shape index (κ3) is 3.40. The van der Waals surface area contributed by atoms with Crippen LogP contribution in [-0.4, -0.2) is 56.4 Å². The van der Waals surface area contributed by atoms with Gasteiger partial charge in [0, 0.05) is 19.1 Å². The number of hydrogen-bond acceptors (Lipinski definition) is 4. The summed E-state index contributed by atoms with van der Waals surface area (Å²) in [5.74, 6) is 0.229. The third-order valence-electron chi connectivity index (χ3n) is 3.35. The second kappa shape index (κ2) is 5.22. The van der Waals surface area contributed by atoms with Crippen LogP contribution in [-0.2, 0) is 14.8 Å². The summed E-state index contributed by atoms with van der Waals surface area (Å²) in [6.45, 7) is 5.76. The Morgan fingerprint density at radius 2 is 1.94 bits per heavy atom. The highest BCUT2D eigenvalue weighted by molar-refractivity contribution is 7.89. The summed E-state index contributed by atoms with van der Waals surface area (Å²) in [5, 5.41) is 3.24. The lowest BCUT2D eigenvalue weighted by Gasteiger charge is -2.34. The predicted octanol–water partition coefficient (Wildman–Crippen LogP) is 0.177. The van der Waals surface area contributed by atoms with Crippen molar-refractivity contribution in [2.24, 2.45) is 0 Å². The lowest BCUT2D eigenvalue weighted by Crippen LogP contribution is -2.50. The number of rotatable bonds is 3. The van der Waals surface area contributed by atoms with Gasteiger partial charge in [0.25, 0.3) is 0 Å². The molecule has 2 rings (SSSR count). The number of ether oxygens (including phenoxy) is 1. The number of morpholine rings is 1. The van der Waals surface area contributed by atoms with Crippen LogP contribution in [0.5, 0.6) is 0 Å². The normalized spacial score (nSPS) is 36.2. The molecule has 0 aromatic carbocycles. The van der Waals surface area contributed by atoms with E-state index in [4.69, 9.17) is 4.74 Å². The van der Waals surface area contributed by atoms with Crippen LogP contribution < -0.4 is 5.32 Å². The Balaban J connectivity index is 1.98. The summed E-state index contributed by atoms with van der Waals surface area (Å²) in [4.78, 5) is 0. The van der Waals surface area contributed by atoms with Gasteiger partial charge in [-0.1, -0.05) is 0 Å². The average molecular weight is 262 g/mol. The van der Waals surface area contributed by atoms with E-state index >= 15 is 0 Å². The Kier molecular flexibility index (Phi) is 4.07. The predicted molar refractivity (Wildman–Crippen MR) is 66.4 cm³/mol. The maximum atomic E-state index is 12.3. The molecule has 100 valence electrons. The highest BCUT2D eigenvalue weighted by atomic mass is 32.2. The molecule has 0 bridgehead atoms. The number of sulfonamides is 1. The van der Waals surface area contributed by atoms with E-state index in [0.717, 1.165) is 19.4 Å². The number of nitrogens with one attached hydrogen (secondary N) is 1. The minimum absolute atomic E-state index is 0.00920. The summed E-state index contributed by atoms with van der Waals surface area (Å²) >= 11 is 0. The smallest absolute Gasteiger partial charge is 0.215 e. The molecule has 2 aliphatic rings. The van der Waals surface area contributed by atoms with Gasteiger partial charge in [0.1, 0.15) is 0 Å². The van der Waals surface area contributed by atoms with Crippen LogP contribution in [0.1, 0.15) is 26.7 Å². The van der Waals surface area contributed by atoms with Gasteiger partial charge >= 0.3 is 0 Å². The molecule has 6 heteroatoms. The maximum absolute atomic E-state index is 12.3. The molecule has 5 nitrogen and oxygen atoms in total. The van der Waals surface area contributed by atoms with Crippen LogP contribution in [0, 0.1) is 0 Å². The number of hydrogen-bond donors (Lipinski definition) is 1. The molecule has 2 saturated heterocycles. The Labute approximate surface area is 104 Å². The van der Waals surface area contributed by atoms with E-state index in [1.807, 2.05) is 13.8 Å². The molecule has 3 atom stereocenters. The van der Waals surface area contributed by atoms with E-state index in [9.17, 15) is 8.42 Å². The van der Waals surface area contributed by atoms with Crippen molar-refractivity contribution in [2.45, 2.75) is 44.9 Å². The summed E-state index contributed by atoms with van der Waals surface area (Å²) in [5.41, 5.74) is 0. The first-order valence-electron chi connectivity index (χ1n) is 6.34. The fraction of sp³-hybridized carbons (Fsp3) is 1.00. The van der Waals surface area contributed by atoms with Gasteiger partial charge in [-0.2, -0.15) is 4.31 Å². The van der Waals surface area contributed by atoms with Crippen molar-refractivity contribution in [3.8, 4) is 0 Å². The monoisotopic (exact) mass is 262 g/mol. The van der Waals surface area contributed by atoms with Crippen molar-refractivity contribution in [1.82, 2.24) is 9.62 Å². The molecule has 0 aromatic rings. The fourth-order valence-electron chi connectivity index (χ4n) is 2.62.